The summed E-state index contributed by atoms with van der Waals surface area (Å²) in [5.41, 5.74) is 2.89. The van der Waals surface area contributed by atoms with E-state index in [2.05, 4.69) is 15.2 Å². The molecule has 36 heavy (non-hydrogen) atoms. The van der Waals surface area contributed by atoms with E-state index in [1.165, 1.54) is 4.31 Å². The molecule has 2 N–H and O–H groups in total. The quantitative estimate of drug-likeness (QED) is 0.543. The first-order chi connectivity index (χ1) is 17.3. The number of nitriles is 1. The number of aromatic amines is 1. The minimum absolute atomic E-state index is 0.0702. The number of nitrogens with zero attached hydrogens (tertiary/aromatic N) is 3. The summed E-state index contributed by atoms with van der Waals surface area (Å²) in [5, 5.41) is 12.8. The van der Waals surface area contributed by atoms with Crippen LogP contribution in [0.15, 0.2) is 41.3 Å². The van der Waals surface area contributed by atoms with Gasteiger partial charge in [0.1, 0.15) is 35.1 Å². The van der Waals surface area contributed by atoms with Crippen LogP contribution in [0.25, 0.3) is 10.9 Å². The Hall–Kier alpha value is -3.59. The van der Waals surface area contributed by atoms with Crippen molar-refractivity contribution in [3.05, 3.63) is 47.7 Å². The summed E-state index contributed by atoms with van der Waals surface area (Å²) < 4.78 is 39.5. The molecule has 0 saturated carbocycles. The minimum atomic E-state index is -3.97. The summed E-state index contributed by atoms with van der Waals surface area (Å²) in [6, 6.07) is 12.0. The number of nitrogens with one attached hydrogen (secondary N) is 2. The van der Waals surface area contributed by atoms with Gasteiger partial charge >= 0.3 is 0 Å². The van der Waals surface area contributed by atoms with Gasteiger partial charge in [-0.25, -0.2) is 8.42 Å². The molecule has 1 aromatic heterocycles. The van der Waals surface area contributed by atoms with Gasteiger partial charge in [0.2, 0.25) is 15.9 Å². The molecular formula is C25H25N5O5S. The van der Waals surface area contributed by atoms with E-state index in [4.69, 9.17) is 9.47 Å². The first kappa shape index (κ1) is 22.8. The van der Waals surface area contributed by atoms with Gasteiger partial charge in [-0.15, -0.1) is 0 Å². The Morgan fingerprint density at radius 3 is 2.72 bits per heavy atom. The molecule has 6 rings (SSSR count). The maximum absolute atomic E-state index is 13.6. The summed E-state index contributed by atoms with van der Waals surface area (Å²) in [7, 11) is -3.97. The monoisotopic (exact) mass is 507 g/mol. The van der Waals surface area contributed by atoms with Crippen LogP contribution < -0.4 is 15.0 Å². The standard InChI is InChI=1S/C25H25N5O5S/c1-15-8-16-10-18(12-26)27-24(16)23(9-15)36(32,33)30-5-4-20(30)25(31)28-17-2-3-22-21(11-17)29(6-7-35-22)19-13-34-14-19/h2-3,8-11,19-20,27H,4-7,13-14H2,1H3,(H,28,31)/t20-/m0/s1. The molecule has 1 amide bonds. The number of ether oxygens (including phenoxy) is 2. The number of amides is 1. The normalized spacial score (nSPS) is 20.1. The van der Waals surface area contributed by atoms with Crippen LogP contribution in [0.5, 0.6) is 5.75 Å². The van der Waals surface area contributed by atoms with Crippen molar-refractivity contribution >= 4 is 38.2 Å². The third-order valence-electron chi connectivity index (χ3n) is 7.00. The topological polar surface area (TPSA) is 128 Å². The maximum atomic E-state index is 13.6. The van der Waals surface area contributed by atoms with Gasteiger partial charge in [0, 0.05) is 17.6 Å². The van der Waals surface area contributed by atoms with Crippen molar-refractivity contribution in [1.29, 1.82) is 5.26 Å². The van der Waals surface area contributed by atoms with Crippen molar-refractivity contribution in [1.82, 2.24) is 9.29 Å². The van der Waals surface area contributed by atoms with E-state index in [1.54, 1.807) is 25.1 Å². The van der Waals surface area contributed by atoms with Gasteiger partial charge in [-0.2, -0.15) is 9.57 Å². The lowest BCUT2D eigenvalue weighted by molar-refractivity contribution is -0.122. The Kier molecular flexibility index (Phi) is 5.40. The van der Waals surface area contributed by atoms with Crippen LogP contribution >= 0.6 is 0 Å². The number of carbonyl (C=O) groups is 1. The number of hydrogen-bond donors (Lipinski definition) is 2. The molecule has 3 aromatic rings. The molecule has 0 unspecified atom stereocenters. The first-order valence-corrected chi connectivity index (χ1v) is 13.3. The predicted octanol–water partition coefficient (Wildman–Crippen LogP) is 2.35. The Morgan fingerprint density at radius 2 is 2.03 bits per heavy atom. The molecule has 2 aromatic carbocycles. The zero-order chi connectivity index (χ0) is 25.0. The maximum Gasteiger partial charge on any atom is 0.245 e. The van der Waals surface area contributed by atoms with E-state index < -0.39 is 16.1 Å². The lowest BCUT2D eigenvalue weighted by atomic mass is 10.1. The molecule has 2 fully saturated rings. The number of fused-ring (bicyclic) bond motifs is 2. The fraction of sp³-hybridized carbons (Fsp3) is 0.360. The fourth-order valence-electron chi connectivity index (χ4n) is 4.98. The van der Waals surface area contributed by atoms with Crippen LogP contribution in [-0.2, 0) is 19.6 Å². The average molecular weight is 508 g/mol. The molecular weight excluding hydrogens is 482 g/mol. The van der Waals surface area contributed by atoms with Gasteiger partial charge in [0.15, 0.2) is 0 Å². The molecule has 3 aliphatic heterocycles. The second-order valence-corrected chi connectivity index (χ2v) is 11.2. The molecule has 4 heterocycles. The van der Waals surface area contributed by atoms with Crippen LogP contribution in [0, 0.1) is 18.3 Å². The Labute approximate surface area is 208 Å². The lowest BCUT2D eigenvalue weighted by Crippen LogP contribution is -2.56. The molecule has 0 radical (unpaired) electrons. The number of hydrogen-bond acceptors (Lipinski definition) is 7. The number of aromatic nitrogens is 1. The zero-order valence-corrected chi connectivity index (χ0v) is 20.5. The van der Waals surface area contributed by atoms with Gasteiger partial charge in [-0.1, -0.05) is 0 Å². The van der Waals surface area contributed by atoms with E-state index in [0.29, 0.717) is 42.8 Å². The minimum Gasteiger partial charge on any atom is -0.490 e. The summed E-state index contributed by atoms with van der Waals surface area (Å²) in [6.45, 7) is 4.70. The molecule has 1 atom stereocenters. The highest BCUT2D eigenvalue weighted by molar-refractivity contribution is 7.89. The van der Waals surface area contributed by atoms with Crippen molar-refractivity contribution in [2.45, 2.75) is 30.3 Å². The van der Waals surface area contributed by atoms with Gasteiger partial charge in [0.05, 0.1) is 37.0 Å². The first-order valence-electron chi connectivity index (χ1n) is 11.8. The summed E-state index contributed by atoms with van der Waals surface area (Å²) >= 11 is 0. The highest BCUT2D eigenvalue weighted by Crippen LogP contribution is 2.37. The second kappa shape index (κ2) is 8.51. The zero-order valence-electron chi connectivity index (χ0n) is 19.7. The number of anilines is 2. The van der Waals surface area contributed by atoms with E-state index in [-0.39, 0.29) is 29.1 Å². The van der Waals surface area contributed by atoms with E-state index in [0.717, 1.165) is 23.5 Å². The van der Waals surface area contributed by atoms with E-state index in [1.807, 2.05) is 24.3 Å². The number of benzene rings is 2. The Bertz CT molecular complexity index is 1520. The smallest absolute Gasteiger partial charge is 0.245 e. The average Bonchev–Trinajstić information content (AvgIpc) is 3.19. The fourth-order valence-corrected chi connectivity index (χ4v) is 6.88. The van der Waals surface area contributed by atoms with Crippen molar-refractivity contribution in [2.75, 3.05) is 43.1 Å². The van der Waals surface area contributed by atoms with Crippen LogP contribution in [0.3, 0.4) is 0 Å². The number of aryl methyl sites for hydroxylation is 1. The summed E-state index contributed by atoms with van der Waals surface area (Å²) in [4.78, 5) is 18.4. The Balaban J connectivity index is 1.25. The molecule has 11 heteroatoms. The van der Waals surface area contributed by atoms with Gasteiger partial charge in [0.25, 0.3) is 0 Å². The molecule has 10 nitrogen and oxygen atoms in total. The van der Waals surface area contributed by atoms with Gasteiger partial charge in [-0.05, 0) is 55.3 Å². The molecule has 186 valence electrons. The number of sulfonamides is 1. The summed E-state index contributed by atoms with van der Waals surface area (Å²) in [5.74, 6) is 0.373. The van der Waals surface area contributed by atoms with Gasteiger partial charge in [-0.3, -0.25) is 4.79 Å². The van der Waals surface area contributed by atoms with Crippen molar-refractivity contribution in [2.24, 2.45) is 0 Å². The molecule has 3 aliphatic rings. The van der Waals surface area contributed by atoms with Gasteiger partial charge < -0.3 is 24.7 Å². The third kappa shape index (κ3) is 3.69. The lowest BCUT2D eigenvalue weighted by Gasteiger charge is -2.42. The van der Waals surface area contributed by atoms with Crippen LogP contribution in [-0.4, -0.2) is 68.6 Å². The van der Waals surface area contributed by atoms with Crippen molar-refractivity contribution in [3.63, 3.8) is 0 Å². The highest BCUT2D eigenvalue weighted by Gasteiger charge is 2.43. The third-order valence-corrected chi connectivity index (χ3v) is 8.94. The molecule has 0 spiro atoms. The SMILES string of the molecule is Cc1cc(S(=O)(=O)N2CC[C@H]2C(=O)Nc2ccc3c(c2)N(C2COC2)CCO3)c2[nH]c(C#N)cc2c1. The summed E-state index contributed by atoms with van der Waals surface area (Å²) in [6.07, 6.45) is 0.424. The molecule has 0 bridgehead atoms. The van der Waals surface area contributed by atoms with Crippen LogP contribution in [0.4, 0.5) is 11.4 Å². The van der Waals surface area contributed by atoms with E-state index in [9.17, 15) is 18.5 Å². The van der Waals surface area contributed by atoms with Crippen LogP contribution in [0.2, 0.25) is 0 Å². The second-order valence-electron chi connectivity index (χ2n) is 9.35. The highest BCUT2D eigenvalue weighted by atomic mass is 32.2. The molecule has 2 saturated heterocycles. The predicted molar refractivity (Wildman–Crippen MR) is 133 cm³/mol. The molecule has 0 aliphatic carbocycles. The van der Waals surface area contributed by atoms with Crippen molar-refractivity contribution < 1.29 is 22.7 Å². The number of rotatable bonds is 5. The number of carbonyl (C=O) groups excluding carboxylic acids is 1. The van der Waals surface area contributed by atoms with Crippen molar-refractivity contribution in [3.8, 4) is 11.8 Å². The van der Waals surface area contributed by atoms with Crippen LogP contribution in [0.1, 0.15) is 17.7 Å². The number of H-pyrrole nitrogens is 1. The largest absolute Gasteiger partial charge is 0.490 e. The van der Waals surface area contributed by atoms with E-state index >= 15 is 0 Å². The Morgan fingerprint density at radius 1 is 1.19 bits per heavy atom.